The van der Waals surface area contributed by atoms with Gasteiger partial charge in [0, 0.05) is 32.5 Å². The standard InChI is InChI=1S/C56H35N3/c1-2-15-44-39(11-1)12-10-22-52(44)59-53-21-8-7-18-47(53)50-34-43(31-32-54(50)59)38-25-23-36(24-26-38)41-13-9-14-42(33-41)37-27-29-40(30-28-37)51-35-57-55-48-19-5-3-16-45(48)46-17-4-6-20-49(46)56(55)58-51/h1-35H. The van der Waals surface area contributed by atoms with Crippen LogP contribution in [0.1, 0.15) is 0 Å². The number of para-hydroxylation sites is 1. The molecule has 59 heavy (non-hydrogen) atoms. The topological polar surface area (TPSA) is 30.7 Å². The number of hydrogen-bond acceptors (Lipinski definition) is 2. The molecule has 10 aromatic carbocycles. The molecule has 12 rings (SSSR count). The molecule has 12 aromatic rings. The largest absolute Gasteiger partial charge is 0.309 e. The maximum atomic E-state index is 5.20. The fourth-order valence-electron chi connectivity index (χ4n) is 9.14. The first-order valence-corrected chi connectivity index (χ1v) is 20.1. The Morgan fingerprint density at radius 3 is 1.49 bits per heavy atom. The highest BCUT2D eigenvalue weighted by atomic mass is 15.0. The van der Waals surface area contributed by atoms with Gasteiger partial charge in [0.25, 0.3) is 0 Å². The van der Waals surface area contributed by atoms with Gasteiger partial charge >= 0.3 is 0 Å². The first-order valence-electron chi connectivity index (χ1n) is 20.1. The van der Waals surface area contributed by atoms with Crippen molar-refractivity contribution >= 4 is 65.2 Å². The highest BCUT2D eigenvalue weighted by molar-refractivity contribution is 6.23. The molecule has 2 aromatic heterocycles. The zero-order chi connectivity index (χ0) is 38.9. The highest BCUT2D eigenvalue weighted by Gasteiger charge is 2.16. The van der Waals surface area contributed by atoms with Crippen LogP contribution in [-0.2, 0) is 0 Å². The van der Waals surface area contributed by atoms with Crippen LogP contribution in [0.15, 0.2) is 212 Å². The summed E-state index contributed by atoms with van der Waals surface area (Å²) in [6.45, 7) is 0. The summed E-state index contributed by atoms with van der Waals surface area (Å²) < 4.78 is 2.42. The number of nitrogens with zero attached hydrogens (tertiary/aromatic N) is 3. The van der Waals surface area contributed by atoms with Crippen LogP contribution < -0.4 is 0 Å². The Labute approximate surface area is 341 Å². The molecule has 0 radical (unpaired) electrons. The normalized spacial score (nSPS) is 11.7. The first-order chi connectivity index (χ1) is 29.2. The van der Waals surface area contributed by atoms with E-state index in [1.807, 2.05) is 6.20 Å². The van der Waals surface area contributed by atoms with Crippen molar-refractivity contribution in [2.45, 2.75) is 0 Å². The molecule has 0 atom stereocenters. The van der Waals surface area contributed by atoms with E-state index in [0.717, 1.165) is 38.6 Å². The van der Waals surface area contributed by atoms with Gasteiger partial charge in [-0.25, -0.2) is 4.98 Å². The second-order valence-corrected chi connectivity index (χ2v) is 15.4. The Balaban J connectivity index is 0.848. The minimum Gasteiger partial charge on any atom is -0.309 e. The third-order valence-corrected chi connectivity index (χ3v) is 12.0. The molecular weight excluding hydrogens is 715 g/mol. The molecule has 0 aliphatic rings. The molecule has 3 nitrogen and oxygen atoms in total. The van der Waals surface area contributed by atoms with Crippen LogP contribution in [0.3, 0.4) is 0 Å². The fourth-order valence-corrected chi connectivity index (χ4v) is 9.14. The highest BCUT2D eigenvalue weighted by Crippen LogP contribution is 2.38. The minimum atomic E-state index is 0.869. The fraction of sp³-hybridized carbons (Fsp3) is 0. The van der Waals surface area contributed by atoms with Crippen molar-refractivity contribution in [3.05, 3.63) is 212 Å². The predicted molar refractivity (Wildman–Crippen MR) is 248 cm³/mol. The summed E-state index contributed by atoms with van der Waals surface area (Å²) in [4.78, 5) is 10.2. The lowest BCUT2D eigenvalue weighted by molar-refractivity contribution is 1.20. The zero-order valence-corrected chi connectivity index (χ0v) is 32.0. The minimum absolute atomic E-state index is 0.869. The van der Waals surface area contributed by atoms with E-state index in [0.29, 0.717) is 0 Å². The monoisotopic (exact) mass is 749 g/mol. The lowest BCUT2D eigenvalue weighted by Crippen LogP contribution is -1.95. The molecule has 0 saturated heterocycles. The summed E-state index contributed by atoms with van der Waals surface area (Å²) in [7, 11) is 0. The molecule has 0 fully saturated rings. The molecule has 0 bridgehead atoms. The Kier molecular flexibility index (Phi) is 7.54. The van der Waals surface area contributed by atoms with E-state index in [4.69, 9.17) is 9.97 Å². The summed E-state index contributed by atoms with van der Waals surface area (Å²) in [6, 6.07) is 74.3. The predicted octanol–water partition coefficient (Wildman–Crippen LogP) is 14.9. The number of benzene rings is 10. The van der Waals surface area contributed by atoms with Gasteiger partial charge in [-0.05, 0) is 79.9 Å². The third kappa shape index (κ3) is 5.44. The van der Waals surface area contributed by atoms with Gasteiger partial charge in [-0.1, -0.05) is 176 Å². The van der Waals surface area contributed by atoms with Gasteiger partial charge in [-0.3, -0.25) is 4.98 Å². The van der Waals surface area contributed by atoms with Crippen LogP contribution in [0.25, 0.3) is 115 Å². The average Bonchev–Trinajstić information content (AvgIpc) is 3.65. The molecule has 0 saturated carbocycles. The zero-order valence-electron chi connectivity index (χ0n) is 32.0. The lowest BCUT2D eigenvalue weighted by Gasteiger charge is -2.12. The Bertz CT molecular complexity index is 3560. The quantitative estimate of drug-likeness (QED) is 0.164. The molecule has 0 amide bonds. The molecule has 0 N–H and O–H groups in total. The van der Waals surface area contributed by atoms with Crippen molar-refractivity contribution < 1.29 is 0 Å². The molecular formula is C56H35N3. The Hall–Kier alpha value is -7.88. The molecule has 0 aliphatic carbocycles. The van der Waals surface area contributed by atoms with Crippen LogP contribution in [0, 0.1) is 0 Å². The average molecular weight is 750 g/mol. The van der Waals surface area contributed by atoms with Crippen molar-refractivity contribution in [2.24, 2.45) is 0 Å². The number of fused-ring (bicyclic) bond motifs is 10. The Morgan fingerprint density at radius 2 is 0.797 bits per heavy atom. The lowest BCUT2D eigenvalue weighted by atomic mass is 9.96. The van der Waals surface area contributed by atoms with Gasteiger partial charge < -0.3 is 4.57 Å². The molecule has 0 unspecified atom stereocenters. The molecule has 2 heterocycles. The summed E-state index contributed by atoms with van der Waals surface area (Å²) in [6.07, 6.45) is 1.91. The van der Waals surface area contributed by atoms with E-state index in [2.05, 4.69) is 211 Å². The van der Waals surface area contributed by atoms with Gasteiger partial charge in [0.05, 0.1) is 39.6 Å². The smallest absolute Gasteiger partial charge is 0.0979 e. The van der Waals surface area contributed by atoms with E-state index in [-0.39, 0.29) is 0 Å². The van der Waals surface area contributed by atoms with Gasteiger partial charge in [0.2, 0.25) is 0 Å². The van der Waals surface area contributed by atoms with Crippen molar-refractivity contribution in [3.8, 4) is 50.3 Å². The van der Waals surface area contributed by atoms with E-state index < -0.39 is 0 Å². The van der Waals surface area contributed by atoms with Crippen molar-refractivity contribution in [1.29, 1.82) is 0 Å². The molecule has 3 heteroatoms. The second-order valence-electron chi connectivity index (χ2n) is 15.4. The Morgan fingerprint density at radius 1 is 0.305 bits per heavy atom. The van der Waals surface area contributed by atoms with Crippen molar-refractivity contribution in [3.63, 3.8) is 0 Å². The van der Waals surface area contributed by atoms with Crippen molar-refractivity contribution in [1.82, 2.24) is 14.5 Å². The van der Waals surface area contributed by atoms with Crippen LogP contribution >= 0.6 is 0 Å². The maximum absolute atomic E-state index is 5.20. The van der Waals surface area contributed by atoms with Gasteiger partial charge in [-0.15, -0.1) is 0 Å². The van der Waals surface area contributed by atoms with E-state index >= 15 is 0 Å². The maximum Gasteiger partial charge on any atom is 0.0979 e. The second kappa shape index (κ2) is 13.4. The van der Waals surface area contributed by atoms with Crippen LogP contribution in [0.2, 0.25) is 0 Å². The number of aromatic nitrogens is 3. The molecule has 0 spiro atoms. The summed E-state index contributed by atoms with van der Waals surface area (Å²) in [5, 5.41) is 9.66. The first kappa shape index (κ1) is 33.3. The molecule has 0 aliphatic heterocycles. The van der Waals surface area contributed by atoms with Gasteiger partial charge in [0.15, 0.2) is 0 Å². The van der Waals surface area contributed by atoms with Crippen LogP contribution in [0.4, 0.5) is 0 Å². The third-order valence-electron chi connectivity index (χ3n) is 12.0. The number of rotatable bonds is 5. The van der Waals surface area contributed by atoms with Crippen molar-refractivity contribution in [2.75, 3.05) is 0 Å². The van der Waals surface area contributed by atoms with Gasteiger partial charge in [0.1, 0.15) is 0 Å². The van der Waals surface area contributed by atoms with E-state index in [1.165, 1.54) is 76.9 Å². The van der Waals surface area contributed by atoms with Crippen LogP contribution in [0.5, 0.6) is 0 Å². The number of hydrogen-bond donors (Lipinski definition) is 0. The summed E-state index contributed by atoms with van der Waals surface area (Å²) in [5.74, 6) is 0. The van der Waals surface area contributed by atoms with Gasteiger partial charge in [-0.2, -0.15) is 0 Å². The molecule has 274 valence electrons. The summed E-state index contributed by atoms with van der Waals surface area (Å²) >= 11 is 0. The summed E-state index contributed by atoms with van der Waals surface area (Å²) in [5.41, 5.74) is 14.5. The van der Waals surface area contributed by atoms with Crippen LogP contribution in [-0.4, -0.2) is 14.5 Å². The SMILES string of the molecule is c1cc(-c2ccc(-c3ccc4c(c3)c3ccccc3n4-c3cccc4ccccc34)cc2)cc(-c2ccc(-c3cnc4c5ccccc5c5ccccc5c4n3)cc2)c1. The van der Waals surface area contributed by atoms with E-state index in [1.54, 1.807) is 0 Å². The van der Waals surface area contributed by atoms with E-state index in [9.17, 15) is 0 Å².